The highest BCUT2D eigenvalue weighted by atomic mass is 16.7. The Balaban J connectivity index is 1.98. The molecule has 6 heteroatoms. The largest absolute Gasteiger partial charge is 0.456 e. The molecule has 1 aliphatic heterocycles. The van der Waals surface area contributed by atoms with Gasteiger partial charge in [-0.2, -0.15) is 0 Å². The number of carbonyl (C=O) groups excluding carboxylic acids is 2. The SMILES string of the molecule is CC(=O)O[C@@H]1O[C@H](C)[C@H](OCc2ccccc2)C[C@H]1OC(C)=O. The van der Waals surface area contributed by atoms with Crippen LogP contribution in [0.1, 0.15) is 32.8 Å². The van der Waals surface area contributed by atoms with E-state index in [1.165, 1.54) is 13.8 Å². The zero-order valence-corrected chi connectivity index (χ0v) is 13.6. The predicted octanol–water partition coefficient (Wildman–Crippen LogP) is 2.20. The maximum Gasteiger partial charge on any atom is 0.305 e. The highest BCUT2D eigenvalue weighted by molar-refractivity contribution is 5.67. The Morgan fingerprint density at radius 2 is 1.74 bits per heavy atom. The Morgan fingerprint density at radius 3 is 2.35 bits per heavy atom. The van der Waals surface area contributed by atoms with E-state index in [0.717, 1.165) is 5.56 Å². The average Bonchev–Trinajstić information content (AvgIpc) is 2.48. The fraction of sp³-hybridized carbons (Fsp3) is 0.529. The van der Waals surface area contributed by atoms with Crippen LogP contribution in [-0.2, 0) is 35.1 Å². The first-order valence-electron chi connectivity index (χ1n) is 7.61. The Hall–Kier alpha value is -1.92. The van der Waals surface area contributed by atoms with Gasteiger partial charge in [-0.05, 0) is 12.5 Å². The van der Waals surface area contributed by atoms with Gasteiger partial charge in [-0.15, -0.1) is 0 Å². The summed E-state index contributed by atoms with van der Waals surface area (Å²) in [5.74, 6) is -0.935. The van der Waals surface area contributed by atoms with E-state index in [2.05, 4.69) is 0 Å². The molecule has 1 fully saturated rings. The monoisotopic (exact) mass is 322 g/mol. The molecule has 0 N–H and O–H groups in total. The highest BCUT2D eigenvalue weighted by Gasteiger charge is 2.40. The van der Waals surface area contributed by atoms with Gasteiger partial charge in [0.2, 0.25) is 6.29 Å². The van der Waals surface area contributed by atoms with Gasteiger partial charge in [-0.25, -0.2) is 0 Å². The second-order valence-electron chi connectivity index (χ2n) is 5.54. The molecule has 0 amide bonds. The first kappa shape index (κ1) is 17.4. The van der Waals surface area contributed by atoms with Crippen LogP contribution in [0.15, 0.2) is 30.3 Å². The molecule has 0 saturated carbocycles. The van der Waals surface area contributed by atoms with E-state index in [1.807, 2.05) is 37.3 Å². The summed E-state index contributed by atoms with van der Waals surface area (Å²) in [6.45, 7) is 4.87. The summed E-state index contributed by atoms with van der Waals surface area (Å²) in [5, 5.41) is 0. The molecule has 6 nitrogen and oxygen atoms in total. The maximum absolute atomic E-state index is 11.3. The Kier molecular flexibility index (Phi) is 6.12. The summed E-state index contributed by atoms with van der Waals surface area (Å²) in [6.07, 6.45) is -1.71. The fourth-order valence-corrected chi connectivity index (χ4v) is 2.48. The van der Waals surface area contributed by atoms with Crippen LogP contribution in [0, 0.1) is 0 Å². The van der Waals surface area contributed by atoms with E-state index in [0.29, 0.717) is 13.0 Å². The summed E-state index contributed by atoms with van der Waals surface area (Å²) in [7, 11) is 0. The molecular formula is C17H22O6. The van der Waals surface area contributed by atoms with Crippen molar-refractivity contribution in [3.63, 3.8) is 0 Å². The summed E-state index contributed by atoms with van der Waals surface area (Å²) in [4.78, 5) is 22.4. The molecule has 1 aliphatic rings. The molecule has 0 unspecified atom stereocenters. The first-order chi connectivity index (χ1) is 11.0. The third-order valence-corrected chi connectivity index (χ3v) is 3.55. The quantitative estimate of drug-likeness (QED) is 0.774. The predicted molar refractivity (Wildman–Crippen MR) is 81.3 cm³/mol. The van der Waals surface area contributed by atoms with Crippen molar-refractivity contribution >= 4 is 11.9 Å². The second kappa shape index (κ2) is 8.08. The van der Waals surface area contributed by atoms with E-state index in [4.69, 9.17) is 18.9 Å². The van der Waals surface area contributed by atoms with Crippen molar-refractivity contribution in [1.29, 1.82) is 0 Å². The van der Waals surface area contributed by atoms with Gasteiger partial charge >= 0.3 is 11.9 Å². The molecule has 0 spiro atoms. The minimum atomic E-state index is -0.900. The van der Waals surface area contributed by atoms with Gasteiger partial charge in [-0.1, -0.05) is 30.3 Å². The van der Waals surface area contributed by atoms with Crippen molar-refractivity contribution in [2.75, 3.05) is 0 Å². The van der Waals surface area contributed by atoms with Crippen molar-refractivity contribution in [2.45, 2.75) is 58.4 Å². The molecule has 1 aromatic carbocycles. The van der Waals surface area contributed by atoms with Crippen molar-refractivity contribution in [3.8, 4) is 0 Å². The molecule has 0 radical (unpaired) electrons. The van der Waals surface area contributed by atoms with Crippen LogP contribution >= 0.6 is 0 Å². The second-order valence-corrected chi connectivity index (χ2v) is 5.54. The normalized spacial score (nSPS) is 27.3. The highest BCUT2D eigenvalue weighted by Crippen LogP contribution is 2.26. The fourth-order valence-electron chi connectivity index (χ4n) is 2.48. The minimum Gasteiger partial charge on any atom is -0.456 e. The molecule has 0 aliphatic carbocycles. The summed E-state index contributed by atoms with van der Waals surface area (Å²) >= 11 is 0. The molecule has 1 heterocycles. The lowest BCUT2D eigenvalue weighted by Gasteiger charge is -2.38. The van der Waals surface area contributed by atoms with Gasteiger partial charge in [0.1, 0.15) is 0 Å². The third-order valence-electron chi connectivity index (χ3n) is 3.55. The zero-order valence-electron chi connectivity index (χ0n) is 13.6. The molecule has 126 valence electrons. The minimum absolute atomic E-state index is 0.258. The van der Waals surface area contributed by atoms with Crippen LogP contribution in [0.2, 0.25) is 0 Å². The lowest BCUT2D eigenvalue weighted by Crippen LogP contribution is -2.50. The molecule has 1 saturated heterocycles. The number of carbonyl (C=O) groups is 2. The van der Waals surface area contributed by atoms with E-state index >= 15 is 0 Å². The van der Waals surface area contributed by atoms with E-state index in [9.17, 15) is 9.59 Å². The number of esters is 2. The lowest BCUT2D eigenvalue weighted by atomic mass is 10.0. The van der Waals surface area contributed by atoms with Gasteiger partial charge in [0.15, 0.2) is 6.10 Å². The molecule has 2 rings (SSSR count). The number of hydrogen-bond donors (Lipinski definition) is 0. The molecule has 1 aromatic rings. The number of rotatable bonds is 5. The topological polar surface area (TPSA) is 71.1 Å². The molecular weight excluding hydrogens is 300 g/mol. The summed E-state index contributed by atoms with van der Waals surface area (Å²) in [6, 6.07) is 9.77. The van der Waals surface area contributed by atoms with Gasteiger partial charge < -0.3 is 18.9 Å². The summed E-state index contributed by atoms with van der Waals surface area (Å²) < 4.78 is 21.9. The number of hydrogen-bond acceptors (Lipinski definition) is 6. The lowest BCUT2D eigenvalue weighted by molar-refractivity contribution is -0.265. The van der Waals surface area contributed by atoms with Crippen LogP contribution in [-0.4, -0.2) is 36.5 Å². The zero-order chi connectivity index (χ0) is 16.8. The summed E-state index contributed by atoms with van der Waals surface area (Å²) in [5.41, 5.74) is 1.05. The van der Waals surface area contributed by atoms with Crippen LogP contribution in [0.25, 0.3) is 0 Å². The van der Waals surface area contributed by atoms with Crippen molar-refractivity contribution in [1.82, 2.24) is 0 Å². The van der Waals surface area contributed by atoms with Crippen LogP contribution in [0.4, 0.5) is 0 Å². The third kappa shape index (κ3) is 5.33. The molecule has 4 atom stereocenters. The first-order valence-corrected chi connectivity index (χ1v) is 7.61. The Bertz CT molecular complexity index is 529. The van der Waals surface area contributed by atoms with Crippen LogP contribution in [0.5, 0.6) is 0 Å². The number of ether oxygens (including phenoxy) is 4. The van der Waals surface area contributed by atoms with Crippen LogP contribution < -0.4 is 0 Å². The van der Waals surface area contributed by atoms with E-state index in [1.54, 1.807) is 0 Å². The van der Waals surface area contributed by atoms with Gasteiger partial charge in [-0.3, -0.25) is 9.59 Å². The maximum atomic E-state index is 11.3. The molecule has 0 aromatic heterocycles. The molecule has 23 heavy (non-hydrogen) atoms. The Morgan fingerprint density at radius 1 is 1.09 bits per heavy atom. The standard InChI is InChI=1S/C17H22O6/c1-11-15(20-10-14-7-5-4-6-8-14)9-16(22-12(2)18)17(21-11)23-13(3)19/h4-8,11,15-17H,9-10H2,1-3H3/t11-,15-,16-,17+/m1/s1. The van der Waals surface area contributed by atoms with Gasteiger partial charge in [0.25, 0.3) is 0 Å². The van der Waals surface area contributed by atoms with Crippen LogP contribution in [0.3, 0.4) is 0 Å². The average molecular weight is 322 g/mol. The van der Waals surface area contributed by atoms with Gasteiger partial charge in [0, 0.05) is 20.3 Å². The smallest absolute Gasteiger partial charge is 0.305 e. The van der Waals surface area contributed by atoms with Crippen molar-refractivity contribution in [3.05, 3.63) is 35.9 Å². The van der Waals surface area contributed by atoms with E-state index in [-0.39, 0.29) is 12.2 Å². The number of benzene rings is 1. The Labute approximate surface area is 135 Å². The van der Waals surface area contributed by atoms with Crippen molar-refractivity contribution in [2.24, 2.45) is 0 Å². The van der Waals surface area contributed by atoms with E-state index < -0.39 is 24.3 Å². The molecule has 0 bridgehead atoms. The van der Waals surface area contributed by atoms with Gasteiger partial charge in [0.05, 0.1) is 18.8 Å². The van der Waals surface area contributed by atoms with Crippen molar-refractivity contribution < 1.29 is 28.5 Å².